The summed E-state index contributed by atoms with van der Waals surface area (Å²) in [4.78, 5) is 12.2. The molecule has 1 unspecified atom stereocenters. The van der Waals surface area contributed by atoms with Crippen molar-refractivity contribution in [1.29, 1.82) is 0 Å². The second-order valence-electron chi connectivity index (χ2n) is 6.19. The van der Waals surface area contributed by atoms with Crippen LogP contribution in [0.2, 0.25) is 0 Å². The lowest BCUT2D eigenvalue weighted by Crippen LogP contribution is -2.37. The van der Waals surface area contributed by atoms with Gasteiger partial charge >= 0.3 is 0 Å². The smallest absolute Gasteiger partial charge is 0.223 e. The van der Waals surface area contributed by atoms with Gasteiger partial charge in [0.2, 0.25) is 5.91 Å². The maximum atomic E-state index is 12.2. The number of halogens is 1. The molecule has 4 nitrogen and oxygen atoms in total. The molecule has 0 aliphatic carbocycles. The van der Waals surface area contributed by atoms with Crippen molar-refractivity contribution in [1.82, 2.24) is 10.6 Å². The monoisotopic (exact) mass is 340 g/mol. The fraction of sp³-hybridized carbons (Fsp3) is 0.611. The number of nitrogens with one attached hydrogen (secondary N) is 2. The SMILES string of the molecule is CCC(C)Oc1cc(C)ccc1CNC(=O)C1CCNCC1.Cl. The molecule has 1 aliphatic rings. The normalized spacial score (nSPS) is 16.3. The first-order chi connectivity index (χ1) is 10.6. The van der Waals surface area contributed by atoms with Gasteiger partial charge in [-0.2, -0.15) is 0 Å². The van der Waals surface area contributed by atoms with Crippen LogP contribution < -0.4 is 15.4 Å². The first kappa shape index (κ1) is 19.8. The van der Waals surface area contributed by atoms with Crippen LogP contribution in [0.25, 0.3) is 0 Å². The number of amides is 1. The van der Waals surface area contributed by atoms with Gasteiger partial charge in [-0.1, -0.05) is 19.1 Å². The van der Waals surface area contributed by atoms with Gasteiger partial charge in [-0.25, -0.2) is 0 Å². The molecule has 0 radical (unpaired) electrons. The Balaban J connectivity index is 0.00000264. The van der Waals surface area contributed by atoms with Crippen LogP contribution in [0.15, 0.2) is 18.2 Å². The minimum atomic E-state index is 0. The van der Waals surface area contributed by atoms with E-state index in [4.69, 9.17) is 4.74 Å². The lowest BCUT2D eigenvalue weighted by atomic mass is 9.97. The van der Waals surface area contributed by atoms with E-state index in [0.29, 0.717) is 6.54 Å². The molecule has 2 rings (SSSR count). The molecule has 1 aromatic carbocycles. The van der Waals surface area contributed by atoms with Crippen LogP contribution in [-0.2, 0) is 11.3 Å². The van der Waals surface area contributed by atoms with E-state index >= 15 is 0 Å². The van der Waals surface area contributed by atoms with Crippen molar-refractivity contribution >= 4 is 18.3 Å². The van der Waals surface area contributed by atoms with E-state index in [1.807, 2.05) is 0 Å². The highest BCUT2D eigenvalue weighted by atomic mass is 35.5. The van der Waals surface area contributed by atoms with Crippen LogP contribution in [0, 0.1) is 12.8 Å². The molecule has 1 aliphatic heterocycles. The minimum absolute atomic E-state index is 0. The predicted molar refractivity (Wildman–Crippen MR) is 96.2 cm³/mol. The summed E-state index contributed by atoms with van der Waals surface area (Å²) < 4.78 is 5.99. The zero-order valence-electron chi connectivity index (χ0n) is 14.4. The second-order valence-corrected chi connectivity index (χ2v) is 6.19. The molecule has 1 atom stereocenters. The third-order valence-corrected chi connectivity index (χ3v) is 4.29. The maximum absolute atomic E-state index is 12.2. The Morgan fingerprint density at radius 2 is 2.09 bits per heavy atom. The quantitative estimate of drug-likeness (QED) is 0.836. The van der Waals surface area contributed by atoms with E-state index in [2.05, 4.69) is 49.6 Å². The number of hydrogen-bond acceptors (Lipinski definition) is 3. The summed E-state index contributed by atoms with van der Waals surface area (Å²) in [7, 11) is 0. The van der Waals surface area contributed by atoms with Crippen molar-refractivity contribution in [2.24, 2.45) is 5.92 Å². The number of piperidine rings is 1. The zero-order valence-corrected chi connectivity index (χ0v) is 15.2. The zero-order chi connectivity index (χ0) is 15.9. The number of benzene rings is 1. The Morgan fingerprint density at radius 3 is 2.74 bits per heavy atom. The summed E-state index contributed by atoms with van der Waals surface area (Å²) in [6.07, 6.45) is 3.00. The molecule has 0 spiro atoms. The standard InChI is InChI=1S/C18H28N2O2.ClH/c1-4-14(3)22-17-11-13(2)5-6-16(17)12-20-18(21)15-7-9-19-10-8-15;/h5-6,11,14-15,19H,4,7-10,12H2,1-3H3,(H,20,21);1H. The first-order valence-corrected chi connectivity index (χ1v) is 8.34. The number of rotatable bonds is 6. The average molecular weight is 341 g/mol. The molecule has 1 heterocycles. The summed E-state index contributed by atoms with van der Waals surface area (Å²) in [6, 6.07) is 6.17. The molecule has 0 saturated carbocycles. The number of ether oxygens (including phenoxy) is 1. The first-order valence-electron chi connectivity index (χ1n) is 8.34. The number of aryl methyl sites for hydroxylation is 1. The molecule has 1 amide bonds. The molecular formula is C18H29ClN2O2. The lowest BCUT2D eigenvalue weighted by molar-refractivity contribution is -0.125. The summed E-state index contributed by atoms with van der Waals surface area (Å²) >= 11 is 0. The van der Waals surface area contributed by atoms with Crippen molar-refractivity contribution in [3.8, 4) is 5.75 Å². The van der Waals surface area contributed by atoms with Gasteiger partial charge < -0.3 is 15.4 Å². The van der Waals surface area contributed by atoms with Gasteiger partial charge in [-0.05, 0) is 57.8 Å². The van der Waals surface area contributed by atoms with Gasteiger partial charge in [0.05, 0.1) is 6.10 Å². The number of carbonyl (C=O) groups excluding carboxylic acids is 1. The molecule has 1 aromatic rings. The highest BCUT2D eigenvalue weighted by molar-refractivity contribution is 5.85. The van der Waals surface area contributed by atoms with E-state index in [0.717, 1.165) is 43.7 Å². The Kier molecular flexibility index (Phi) is 8.42. The van der Waals surface area contributed by atoms with Crippen LogP contribution in [-0.4, -0.2) is 25.1 Å². The Morgan fingerprint density at radius 1 is 1.39 bits per heavy atom. The Labute approximate surface area is 145 Å². The Bertz CT molecular complexity index is 502. The molecule has 23 heavy (non-hydrogen) atoms. The largest absolute Gasteiger partial charge is 0.490 e. The molecule has 130 valence electrons. The third-order valence-electron chi connectivity index (χ3n) is 4.29. The van der Waals surface area contributed by atoms with E-state index in [1.165, 1.54) is 5.56 Å². The van der Waals surface area contributed by atoms with Crippen LogP contribution in [0.4, 0.5) is 0 Å². The summed E-state index contributed by atoms with van der Waals surface area (Å²) in [6.45, 7) is 8.64. The van der Waals surface area contributed by atoms with E-state index < -0.39 is 0 Å². The van der Waals surface area contributed by atoms with Crippen LogP contribution in [0.5, 0.6) is 5.75 Å². The molecule has 0 bridgehead atoms. The minimum Gasteiger partial charge on any atom is -0.490 e. The maximum Gasteiger partial charge on any atom is 0.223 e. The van der Waals surface area contributed by atoms with Gasteiger partial charge in [-0.15, -0.1) is 12.4 Å². The van der Waals surface area contributed by atoms with Gasteiger partial charge in [-0.3, -0.25) is 4.79 Å². The van der Waals surface area contributed by atoms with Gasteiger partial charge in [0.15, 0.2) is 0 Å². The van der Waals surface area contributed by atoms with Crippen LogP contribution >= 0.6 is 12.4 Å². The molecule has 5 heteroatoms. The molecule has 0 aromatic heterocycles. The average Bonchev–Trinajstić information content (AvgIpc) is 2.54. The summed E-state index contributed by atoms with van der Waals surface area (Å²) in [5.41, 5.74) is 2.22. The molecular weight excluding hydrogens is 312 g/mol. The number of carbonyl (C=O) groups is 1. The molecule has 2 N–H and O–H groups in total. The Hall–Kier alpha value is -1.26. The van der Waals surface area contributed by atoms with Gasteiger partial charge in [0.25, 0.3) is 0 Å². The highest BCUT2D eigenvalue weighted by Crippen LogP contribution is 2.22. The van der Waals surface area contributed by atoms with Crippen molar-refractivity contribution in [2.75, 3.05) is 13.1 Å². The van der Waals surface area contributed by atoms with E-state index in [1.54, 1.807) is 0 Å². The lowest BCUT2D eigenvalue weighted by Gasteiger charge is -2.22. The fourth-order valence-corrected chi connectivity index (χ4v) is 2.63. The van der Waals surface area contributed by atoms with Crippen LogP contribution in [0.1, 0.15) is 44.2 Å². The van der Waals surface area contributed by atoms with Gasteiger partial charge in [0, 0.05) is 18.0 Å². The van der Waals surface area contributed by atoms with Crippen molar-refractivity contribution in [2.45, 2.75) is 52.7 Å². The molecule has 1 fully saturated rings. The molecule has 1 saturated heterocycles. The van der Waals surface area contributed by atoms with Crippen LogP contribution in [0.3, 0.4) is 0 Å². The second kappa shape index (κ2) is 9.78. The fourth-order valence-electron chi connectivity index (χ4n) is 2.63. The highest BCUT2D eigenvalue weighted by Gasteiger charge is 2.20. The summed E-state index contributed by atoms with van der Waals surface area (Å²) in [5, 5.41) is 6.36. The third kappa shape index (κ3) is 6.04. The van der Waals surface area contributed by atoms with E-state index in [-0.39, 0.29) is 30.3 Å². The number of hydrogen-bond donors (Lipinski definition) is 2. The van der Waals surface area contributed by atoms with Crippen molar-refractivity contribution in [3.05, 3.63) is 29.3 Å². The van der Waals surface area contributed by atoms with E-state index in [9.17, 15) is 4.79 Å². The summed E-state index contributed by atoms with van der Waals surface area (Å²) in [5.74, 6) is 1.20. The van der Waals surface area contributed by atoms with Crippen molar-refractivity contribution in [3.63, 3.8) is 0 Å². The topological polar surface area (TPSA) is 50.4 Å². The van der Waals surface area contributed by atoms with Gasteiger partial charge in [0.1, 0.15) is 5.75 Å². The predicted octanol–water partition coefficient (Wildman–Crippen LogP) is 3.21. The van der Waals surface area contributed by atoms with Crippen molar-refractivity contribution < 1.29 is 9.53 Å².